The van der Waals surface area contributed by atoms with E-state index >= 15 is 0 Å². The fourth-order valence-corrected chi connectivity index (χ4v) is 2.46. The molecule has 0 aromatic heterocycles. The van der Waals surface area contributed by atoms with Crippen LogP contribution in [-0.2, 0) is 9.84 Å². The Balaban J connectivity index is 2.63. The Morgan fingerprint density at radius 1 is 1.44 bits per heavy atom. The molecule has 0 saturated heterocycles. The van der Waals surface area contributed by atoms with E-state index in [9.17, 15) is 13.5 Å². The molecule has 18 heavy (non-hydrogen) atoms. The molecule has 0 amide bonds. The highest BCUT2D eigenvalue weighted by molar-refractivity contribution is 9.10. The van der Waals surface area contributed by atoms with E-state index in [4.69, 9.17) is 4.74 Å². The number of sulfone groups is 1. The van der Waals surface area contributed by atoms with Gasteiger partial charge in [-0.3, -0.25) is 0 Å². The average molecular weight is 337 g/mol. The second kappa shape index (κ2) is 6.54. The number of benzene rings is 1. The van der Waals surface area contributed by atoms with Gasteiger partial charge in [0.15, 0.2) is 0 Å². The van der Waals surface area contributed by atoms with E-state index in [1.165, 1.54) is 6.26 Å². The minimum atomic E-state index is -2.95. The van der Waals surface area contributed by atoms with Gasteiger partial charge >= 0.3 is 0 Å². The van der Waals surface area contributed by atoms with Crippen molar-refractivity contribution in [3.05, 3.63) is 28.2 Å². The fourth-order valence-electron chi connectivity index (χ4n) is 1.48. The van der Waals surface area contributed by atoms with Crippen molar-refractivity contribution in [2.45, 2.75) is 19.4 Å². The molecule has 0 spiro atoms. The number of rotatable bonds is 6. The van der Waals surface area contributed by atoms with Crippen molar-refractivity contribution < 1.29 is 18.3 Å². The maximum absolute atomic E-state index is 11.0. The van der Waals surface area contributed by atoms with E-state index in [1.54, 1.807) is 19.1 Å². The first kappa shape index (κ1) is 15.5. The summed E-state index contributed by atoms with van der Waals surface area (Å²) in [6.45, 7) is 1.97. The molecule has 1 atom stereocenters. The van der Waals surface area contributed by atoms with Crippen molar-refractivity contribution in [3.63, 3.8) is 0 Å². The molecule has 1 N–H and O–H groups in total. The van der Waals surface area contributed by atoms with Gasteiger partial charge < -0.3 is 9.84 Å². The smallest absolute Gasteiger partial charge is 0.147 e. The topological polar surface area (TPSA) is 63.6 Å². The highest BCUT2D eigenvalue weighted by Crippen LogP contribution is 2.28. The van der Waals surface area contributed by atoms with Crippen LogP contribution in [0.2, 0.25) is 0 Å². The Morgan fingerprint density at radius 3 is 2.67 bits per heavy atom. The van der Waals surface area contributed by atoms with Crippen LogP contribution in [0.15, 0.2) is 22.7 Å². The molecular weight excluding hydrogens is 320 g/mol. The molecule has 0 aliphatic carbocycles. The van der Waals surface area contributed by atoms with E-state index in [2.05, 4.69) is 15.9 Å². The molecule has 0 aliphatic heterocycles. The van der Waals surface area contributed by atoms with E-state index in [1.807, 2.05) is 6.07 Å². The summed E-state index contributed by atoms with van der Waals surface area (Å²) in [6.07, 6.45) is 1.01. The summed E-state index contributed by atoms with van der Waals surface area (Å²) in [5, 5.41) is 9.59. The zero-order valence-corrected chi connectivity index (χ0v) is 12.8. The van der Waals surface area contributed by atoms with Gasteiger partial charge in [0, 0.05) is 16.3 Å². The first-order valence-electron chi connectivity index (χ1n) is 5.57. The Labute approximate surface area is 116 Å². The summed E-state index contributed by atoms with van der Waals surface area (Å²) in [7, 11) is -2.95. The maximum atomic E-state index is 11.0. The van der Waals surface area contributed by atoms with Gasteiger partial charge in [-0.25, -0.2) is 8.42 Å². The van der Waals surface area contributed by atoms with Crippen LogP contribution in [0.5, 0.6) is 5.75 Å². The summed E-state index contributed by atoms with van der Waals surface area (Å²) in [6, 6.07) is 5.37. The van der Waals surface area contributed by atoms with Crippen LogP contribution in [0, 0.1) is 0 Å². The van der Waals surface area contributed by atoms with Crippen LogP contribution in [0.25, 0.3) is 0 Å². The van der Waals surface area contributed by atoms with Crippen molar-refractivity contribution in [1.82, 2.24) is 0 Å². The Bertz CT molecular complexity index is 497. The molecule has 1 unspecified atom stereocenters. The zero-order chi connectivity index (χ0) is 13.8. The van der Waals surface area contributed by atoms with Gasteiger partial charge in [0.25, 0.3) is 0 Å². The summed E-state index contributed by atoms with van der Waals surface area (Å²) >= 11 is 3.33. The molecule has 1 aromatic carbocycles. The van der Waals surface area contributed by atoms with Crippen molar-refractivity contribution in [2.75, 3.05) is 18.6 Å². The van der Waals surface area contributed by atoms with E-state index in [-0.39, 0.29) is 5.75 Å². The molecular formula is C12H17BrO4S. The minimum absolute atomic E-state index is 0.102. The van der Waals surface area contributed by atoms with Crippen LogP contribution >= 0.6 is 15.9 Å². The van der Waals surface area contributed by atoms with Crippen molar-refractivity contribution in [1.29, 1.82) is 0 Å². The first-order valence-corrected chi connectivity index (χ1v) is 8.43. The molecule has 1 aromatic rings. The monoisotopic (exact) mass is 336 g/mol. The van der Waals surface area contributed by atoms with Crippen molar-refractivity contribution in [2.24, 2.45) is 0 Å². The first-order chi connectivity index (χ1) is 8.29. The molecule has 0 aliphatic rings. The van der Waals surface area contributed by atoms with Gasteiger partial charge in [0.1, 0.15) is 15.6 Å². The number of halogens is 1. The normalized spacial score (nSPS) is 13.3. The lowest BCUT2D eigenvalue weighted by molar-refractivity contribution is 0.191. The minimum Gasteiger partial charge on any atom is -0.493 e. The summed E-state index contributed by atoms with van der Waals surface area (Å²) in [5.41, 5.74) is 0.692. The number of aliphatic hydroxyl groups excluding tert-OH is 1. The predicted octanol–water partition coefficient (Wildman–Crippen LogP) is 2.32. The lowest BCUT2D eigenvalue weighted by Crippen LogP contribution is -2.09. The van der Waals surface area contributed by atoms with Crippen LogP contribution in [0.3, 0.4) is 0 Å². The van der Waals surface area contributed by atoms with Gasteiger partial charge in [0.2, 0.25) is 0 Å². The third kappa shape index (κ3) is 5.37. The van der Waals surface area contributed by atoms with E-state index in [0.717, 1.165) is 4.47 Å². The second-order valence-electron chi connectivity index (χ2n) is 4.19. The standard InChI is InChI=1S/C12H17BrO4S/c1-9(14)11-5-4-10(13)8-12(11)17-6-3-7-18(2,15)16/h4-5,8-9,14H,3,6-7H2,1-2H3. The molecule has 102 valence electrons. The van der Waals surface area contributed by atoms with Crippen LogP contribution < -0.4 is 4.74 Å². The highest BCUT2D eigenvalue weighted by atomic mass is 79.9. The van der Waals surface area contributed by atoms with Gasteiger partial charge in [-0.1, -0.05) is 22.0 Å². The molecule has 0 fully saturated rings. The summed E-state index contributed by atoms with van der Waals surface area (Å²) in [5.74, 6) is 0.679. The fraction of sp³-hybridized carbons (Fsp3) is 0.500. The number of hydrogen-bond acceptors (Lipinski definition) is 4. The molecule has 0 bridgehead atoms. The average Bonchev–Trinajstić information content (AvgIpc) is 2.22. The maximum Gasteiger partial charge on any atom is 0.147 e. The molecule has 0 heterocycles. The lowest BCUT2D eigenvalue weighted by Gasteiger charge is -2.13. The number of hydrogen-bond donors (Lipinski definition) is 1. The molecule has 6 heteroatoms. The lowest BCUT2D eigenvalue weighted by atomic mass is 10.1. The Morgan fingerprint density at radius 2 is 2.11 bits per heavy atom. The third-order valence-corrected chi connectivity index (χ3v) is 3.87. The molecule has 0 saturated carbocycles. The number of ether oxygens (including phenoxy) is 1. The number of aliphatic hydroxyl groups is 1. The molecule has 0 radical (unpaired) electrons. The van der Waals surface area contributed by atoms with Crippen LogP contribution in [-0.4, -0.2) is 32.1 Å². The van der Waals surface area contributed by atoms with Crippen molar-refractivity contribution in [3.8, 4) is 5.75 Å². The van der Waals surface area contributed by atoms with Gasteiger partial charge in [-0.2, -0.15) is 0 Å². The van der Waals surface area contributed by atoms with Crippen LogP contribution in [0.1, 0.15) is 25.0 Å². The molecule has 4 nitrogen and oxygen atoms in total. The van der Waals surface area contributed by atoms with Gasteiger partial charge in [-0.15, -0.1) is 0 Å². The second-order valence-corrected chi connectivity index (χ2v) is 7.37. The summed E-state index contributed by atoms with van der Waals surface area (Å²) < 4.78 is 28.3. The zero-order valence-electron chi connectivity index (χ0n) is 10.4. The third-order valence-electron chi connectivity index (χ3n) is 2.34. The van der Waals surface area contributed by atoms with E-state index in [0.29, 0.717) is 24.3 Å². The van der Waals surface area contributed by atoms with Crippen LogP contribution in [0.4, 0.5) is 0 Å². The Kier molecular flexibility index (Phi) is 5.62. The van der Waals surface area contributed by atoms with Crippen molar-refractivity contribution >= 4 is 25.8 Å². The predicted molar refractivity (Wildman–Crippen MR) is 74.6 cm³/mol. The largest absolute Gasteiger partial charge is 0.493 e. The molecule has 1 rings (SSSR count). The van der Waals surface area contributed by atoms with Gasteiger partial charge in [0.05, 0.1) is 18.5 Å². The Hall–Kier alpha value is -0.590. The quantitative estimate of drug-likeness (QED) is 0.809. The SMILES string of the molecule is CC(O)c1ccc(Br)cc1OCCCS(C)(=O)=O. The van der Waals surface area contributed by atoms with E-state index < -0.39 is 15.9 Å². The highest BCUT2D eigenvalue weighted by Gasteiger charge is 2.10. The summed E-state index contributed by atoms with van der Waals surface area (Å²) in [4.78, 5) is 0. The van der Waals surface area contributed by atoms with Gasteiger partial charge in [-0.05, 0) is 25.5 Å².